The summed E-state index contributed by atoms with van der Waals surface area (Å²) >= 11 is 12.2. The highest BCUT2D eigenvalue weighted by molar-refractivity contribution is 6.35. The Morgan fingerprint density at radius 3 is 2.73 bits per heavy atom. The first-order valence-corrected chi connectivity index (χ1v) is 8.65. The molecule has 1 amide bonds. The number of anilines is 1. The highest BCUT2D eigenvalue weighted by atomic mass is 35.5. The molecule has 0 saturated carbocycles. The molecule has 1 heterocycles. The van der Waals surface area contributed by atoms with Crippen LogP contribution < -0.4 is 10.1 Å². The van der Waals surface area contributed by atoms with Crippen LogP contribution in [-0.4, -0.2) is 22.8 Å². The number of methoxy groups -OCH3 is 1. The van der Waals surface area contributed by atoms with Crippen LogP contribution in [-0.2, 0) is 6.54 Å². The van der Waals surface area contributed by atoms with Gasteiger partial charge < -0.3 is 10.1 Å². The summed E-state index contributed by atoms with van der Waals surface area (Å²) in [7, 11) is 1.56. The summed E-state index contributed by atoms with van der Waals surface area (Å²) in [5.41, 5.74) is 2.29. The molecule has 0 saturated heterocycles. The van der Waals surface area contributed by atoms with E-state index in [1.165, 1.54) is 0 Å². The van der Waals surface area contributed by atoms with Crippen molar-refractivity contribution < 1.29 is 9.53 Å². The van der Waals surface area contributed by atoms with Gasteiger partial charge in [0.2, 0.25) is 0 Å². The van der Waals surface area contributed by atoms with Crippen molar-refractivity contribution in [2.45, 2.75) is 13.5 Å². The van der Waals surface area contributed by atoms with E-state index >= 15 is 0 Å². The van der Waals surface area contributed by atoms with Crippen LogP contribution in [0.15, 0.2) is 48.5 Å². The number of aromatic nitrogens is 2. The van der Waals surface area contributed by atoms with Crippen molar-refractivity contribution in [1.82, 2.24) is 9.78 Å². The van der Waals surface area contributed by atoms with Crippen LogP contribution >= 0.6 is 23.2 Å². The molecule has 0 radical (unpaired) electrons. The number of nitrogens with one attached hydrogen (secondary N) is 1. The zero-order valence-electron chi connectivity index (χ0n) is 14.3. The number of ether oxygens (including phenoxy) is 1. The molecule has 0 bridgehead atoms. The minimum atomic E-state index is -0.252. The van der Waals surface area contributed by atoms with Gasteiger partial charge in [-0.3, -0.25) is 9.48 Å². The van der Waals surface area contributed by atoms with Crippen LogP contribution in [0.2, 0.25) is 10.0 Å². The number of hydrogen-bond donors (Lipinski definition) is 1. The molecule has 0 spiro atoms. The van der Waals surface area contributed by atoms with Crippen molar-refractivity contribution in [3.05, 3.63) is 75.4 Å². The molecule has 0 unspecified atom stereocenters. The average Bonchev–Trinajstić information content (AvgIpc) is 2.96. The maximum atomic E-state index is 12.4. The first-order chi connectivity index (χ1) is 12.5. The minimum absolute atomic E-state index is 0.252. The third-order valence-corrected chi connectivity index (χ3v) is 4.48. The number of carbonyl (C=O) groups excluding carboxylic acids is 1. The summed E-state index contributed by atoms with van der Waals surface area (Å²) in [5.74, 6) is 0.843. The molecule has 3 rings (SSSR count). The van der Waals surface area contributed by atoms with E-state index in [0.717, 1.165) is 11.3 Å². The Kier molecular flexibility index (Phi) is 5.49. The van der Waals surface area contributed by atoms with Crippen molar-refractivity contribution in [3.63, 3.8) is 0 Å². The fraction of sp³-hybridized carbons (Fsp3) is 0.158. The fourth-order valence-electron chi connectivity index (χ4n) is 2.50. The molecular weight excluding hydrogens is 373 g/mol. The molecule has 1 aromatic heterocycles. The van der Waals surface area contributed by atoms with E-state index in [1.54, 1.807) is 48.2 Å². The molecule has 1 N–H and O–H groups in total. The summed E-state index contributed by atoms with van der Waals surface area (Å²) < 4.78 is 6.92. The van der Waals surface area contributed by atoms with Crippen LogP contribution in [0.25, 0.3) is 0 Å². The van der Waals surface area contributed by atoms with Crippen LogP contribution in [0.5, 0.6) is 5.75 Å². The van der Waals surface area contributed by atoms with Gasteiger partial charge in [0.25, 0.3) is 5.91 Å². The second-order valence-electron chi connectivity index (χ2n) is 5.75. The monoisotopic (exact) mass is 389 g/mol. The molecule has 0 aliphatic carbocycles. The number of halogens is 2. The summed E-state index contributed by atoms with van der Waals surface area (Å²) in [6.07, 6.45) is 0. The van der Waals surface area contributed by atoms with Gasteiger partial charge in [-0.1, -0.05) is 35.3 Å². The third kappa shape index (κ3) is 4.18. The minimum Gasteiger partial charge on any atom is -0.497 e. The SMILES string of the molecule is COc1cccc(C(=O)Nc2cc(C)n(Cc3ccc(Cl)cc3Cl)n2)c1. The lowest BCUT2D eigenvalue weighted by molar-refractivity contribution is 0.102. The smallest absolute Gasteiger partial charge is 0.256 e. The van der Waals surface area contributed by atoms with Crippen LogP contribution in [0.1, 0.15) is 21.6 Å². The van der Waals surface area contributed by atoms with Gasteiger partial charge in [-0.05, 0) is 42.8 Å². The molecule has 0 aliphatic heterocycles. The van der Waals surface area contributed by atoms with E-state index in [9.17, 15) is 4.79 Å². The number of nitrogens with zero attached hydrogens (tertiary/aromatic N) is 2. The second-order valence-corrected chi connectivity index (χ2v) is 6.59. The molecular formula is C19H17Cl2N3O2. The van der Waals surface area contributed by atoms with E-state index in [1.807, 2.05) is 19.1 Å². The normalized spacial score (nSPS) is 10.6. The molecule has 3 aromatic rings. The van der Waals surface area contributed by atoms with Crippen molar-refractivity contribution in [3.8, 4) is 5.75 Å². The number of aryl methyl sites for hydroxylation is 1. The first kappa shape index (κ1) is 18.3. The number of amides is 1. The Morgan fingerprint density at radius 2 is 2.00 bits per heavy atom. The van der Waals surface area contributed by atoms with Crippen LogP contribution in [0, 0.1) is 6.92 Å². The summed E-state index contributed by atoms with van der Waals surface area (Å²) in [6, 6.07) is 14.1. The van der Waals surface area contributed by atoms with Crippen molar-refractivity contribution in [1.29, 1.82) is 0 Å². The van der Waals surface area contributed by atoms with Crippen LogP contribution in [0.3, 0.4) is 0 Å². The zero-order chi connectivity index (χ0) is 18.7. The Morgan fingerprint density at radius 1 is 1.19 bits per heavy atom. The number of carbonyl (C=O) groups is 1. The van der Waals surface area contributed by atoms with Crippen molar-refractivity contribution in [2.75, 3.05) is 12.4 Å². The topological polar surface area (TPSA) is 56.1 Å². The average molecular weight is 390 g/mol. The van der Waals surface area contributed by atoms with E-state index in [2.05, 4.69) is 10.4 Å². The predicted octanol–water partition coefficient (Wildman–Crippen LogP) is 4.81. The largest absolute Gasteiger partial charge is 0.497 e. The molecule has 134 valence electrons. The molecule has 26 heavy (non-hydrogen) atoms. The van der Waals surface area contributed by atoms with E-state index < -0.39 is 0 Å². The number of benzene rings is 2. The fourth-order valence-corrected chi connectivity index (χ4v) is 2.96. The lowest BCUT2D eigenvalue weighted by Gasteiger charge is -2.07. The van der Waals surface area contributed by atoms with Gasteiger partial charge in [0.05, 0.1) is 13.7 Å². The molecule has 5 nitrogen and oxygen atoms in total. The molecule has 7 heteroatoms. The maximum Gasteiger partial charge on any atom is 0.256 e. The Labute approximate surface area is 161 Å². The lowest BCUT2D eigenvalue weighted by atomic mass is 10.2. The maximum absolute atomic E-state index is 12.4. The van der Waals surface area contributed by atoms with E-state index in [4.69, 9.17) is 27.9 Å². The number of rotatable bonds is 5. The Hall–Kier alpha value is -2.50. The van der Waals surface area contributed by atoms with Gasteiger partial charge in [0, 0.05) is 27.4 Å². The first-order valence-electron chi connectivity index (χ1n) is 7.90. The van der Waals surface area contributed by atoms with Gasteiger partial charge in [-0.2, -0.15) is 5.10 Å². The van der Waals surface area contributed by atoms with Gasteiger partial charge in [-0.25, -0.2) is 0 Å². The Bertz CT molecular complexity index is 954. The van der Waals surface area contributed by atoms with Crippen molar-refractivity contribution in [2.24, 2.45) is 0 Å². The lowest BCUT2D eigenvalue weighted by Crippen LogP contribution is -2.13. The standard InChI is InChI=1S/C19H17Cl2N3O2/c1-12-8-18(22-19(25)13-4-3-5-16(9-13)26-2)23-24(12)11-14-6-7-15(20)10-17(14)21/h3-10H,11H2,1-2H3,(H,22,23,25). The Balaban J connectivity index is 1.76. The predicted molar refractivity (Wildman–Crippen MR) is 103 cm³/mol. The summed E-state index contributed by atoms with van der Waals surface area (Å²) in [5, 5.41) is 8.40. The third-order valence-electron chi connectivity index (χ3n) is 3.89. The van der Waals surface area contributed by atoms with Crippen LogP contribution in [0.4, 0.5) is 5.82 Å². The van der Waals surface area contributed by atoms with Gasteiger partial charge in [-0.15, -0.1) is 0 Å². The molecule has 0 fully saturated rings. The molecule has 0 aliphatic rings. The molecule has 0 atom stereocenters. The van der Waals surface area contributed by atoms with Gasteiger partial charge in [0.1, 0.15) is 5.75 Å². The summed E-state index contributed by atoms with van der Waals surface area (Å²) in [4.78, 5) is 12.4. The zero-order valence-corrected chi connectivity index (χ0v) is 15.8. The highest BCUT2D eigenvalue weighted by Gasteiger charge is 2.12. The van der Waals surface area contributed by atoms with Crippen molar-refractivity contribution >= 4 is 34.9 Å². The number of hydrogen-bond acceptors (Lipinski definition) is 3. The molecule has 2 aromatic carbocycles. The quantitative estimate of drug-likeness (QED) is 0.681. The second kappa shape index (κ2) is 7.81. The highest BCUT2D eigenvalue weighted by Crippen LogP contribution is 2.23. The summed E-state index contributed by atoms with van der Waals surface area (Å²) in [6.45, 7) is 2.40. The van der Waals surface area contributed by atoms with Gasteiger partial charge in [0.15, 0.2) is 5.82 Å². The van der Waals surface area contributed by atoms with E-state index in [0.29, 0.717) is 33.7 Å². The van der Waals surface area contributed by atoms with E-state index in [-0.39, 0.29) is 5.91 Å². The van der Waals surface area contributed by atoms with Gasteiger partial charge >= 0.3 is 0 Å².